The van der Waals surface area contributed by atoms with Crippen LogP contribution in [0.3, 0.4) is 0 Å². The fourth-order valence-corrected chi connectivity index (χ4v) is 9.34. The van der Waals surface area contributed by atoms with E-state index in [0.29, 0.717) is 23.2 Å². The molecule has 4 aliphatic carbocycles. The van der Waals surface area contributed by atoms with Gasteiger partial charge >= 0.3 is 5.97 Å². The molecule has 9 atom stereocenters. The average Bonchev–Trinajstić information content (AvgIpc) is 2.97. The summed E-state index contributed by atoms with van der Waals surface area (Å²) >= 11 is 0. The number of carboxylic acid groups (broad SMARTS) is 1. The summed E-state index contributed by atoms with van der Waals surface area (Å²) in [5.74, 6) is 5.37. The van der Waals surface area contributed by atoms with E-state index in [-0.39, 0.29) is 0 Å². The van der Waals surface area contributed by atoms with Crippen LogP contribution < -0.4 is 0 Å². The van der Waals surface area contributed by atoms with E-state index in [1.165, 1.54) is 57.8 Å². The van der Waals surface area contributed by atoms with Crippen molar-refractivity contribution >= 4 is 5.97 Å². The van der Waals surface area contributed by atoms with E-state index in [1.807, 2.05) is 0 Å². The Morgan fingerprint density at radius 3 is 2.48 bits per heavy atom. The van der Waals surface area contributed by atoms with Crippen LogP contribution in [0.1, 0.15) is 98.3 Å². The molecular formula is C25H42O2. The zero-order chi connectivity index (χ0) is 19.4. The average molecular weight is 375 g/mol. The third-order valence-electron chi connectivity index (χ3n) is 10.5. The maximum atomic E-state index is 11.1. The third kappa shape index (κ3) is 3.08. The van der Waals surface area contributed by atoms with E-state index in [2.05, 4.69) is 27.7 Å². The molecule has 0 bridgehead atoms. The second kappa shape index (κ2) is 7.06. The van der Waals surface area contributed by atoms with Gasteiger partial charge in [-0.25, -0.2) is 0 Å². The molecule has 2 nitrogen and oxygen atoms in total. The van der Waals surface area contributed by atoms with Crippen LogP contribution in [0, 0.1) is 52.3 Å². The quantitative estimate of drug-likeness (QED) is 0.588. The number of hydrogen-bond donors (Lipinski definition) is 1. The summed E-state index contributed by atoms with van der Waals surface area (Å²) < 4.78 is 0. The standard InChI is InChI=1S/C25H42O2/c1-16(8-11-23(26)27)20-9-10-21-18-15-17(2)19-7-5-6-13-24(19,3)22(18)12-14-25(20,21)4/h16-22H,5-15H2,1-4H3,(H,26,27)/t16-,17+,18+,19+,20?,21+,22+,24+,25-/m1/s1. The lowest BCUT2D eigenvalue weighted by Gasteiger charge is -2.62. The normalized spacial score (nSPS) is 50.4. The van der Waals surface area contributed by atoms with E-state index in [0.717, 1.165) is 41.9 Å². The zero-order valence-electron chi connectivity index (χ0n) is 18.2. The predicted octanol–water partition coefficient (Wildman–Crippen LogP) is 6.78. The van der Waals surface area contributed by atoms with E-state index in [4.69, 9.17) is 5.11 Å². The van der Waals surface area contributed by atoms with Gasteiger partial charge in [-0.15, -0.1) is 0 Å². The molecule has 154 valence electrons. The van der Waals surface area contributed by atoms with Crippen LogP contribution in [0.25, 0.3) is 0 Å². The van der Waals surface area contributed by atoms with Crippen molar-refractivity contribution < 1.29 is 9.90 Å². The number of hydrogen-bond acceptors (Lipinski definition) is 1. The van der Waals surface area contributed by atoms with Gasteiger partial charge in [0.2, 0.25) is 0 Å². The smallest absolute Gasteiger partial charge is 0.303 e. The molecule has 2 heteroatoms. The van der Waals surface area contributed by atoms with Crippen molar-refractivity contribution in [2.24, 2.45) is 52.3 Å². The Kier molecular flexibility index (Phi) is 5.17. The zero-order valence-corrected chi connectivity index (χ0v) is 18.2. The molecular weight excluding hydrogens is 332 g/mol. The van der Waals surface area contributed by atoms with Gasteiger partial charge in [-0.2, -0.15) is 0 Å². The molecule has 0 heterocycles. The number of carboxylic acids is 1. The van der Waals surface area contributed by atoms with Crippen molar-refractivity contribution in [1.82, 2.24) is 0 Å². The largest absolute Gasteiger partial charge is 0.481 e. The van der Waals surface area contributed by atoms with Crippen molar-refractivity contribution in [3.05, 3.63) is 0 Å². The van der Waals surface area contributed by atoms with Crippen LogP contribution in [0.15, 0.2) is 0 Å². The van der Waals surface area contributed by atoms with Crippen molar-refractivity contribution in [2.75, 3.05) is 0 Å². The second-order valence-electron chi connectivity index (χ2n) is 11.6. The Labute approximate surface area is 166 Å². The van der Waals surface area contributed by atoms with E-state index in [9.17, 15) is 4.79 Å². The van der Waals surface area contributed by atoms with Crippen LogP contribution in [0.4, 0.5) is 0 Å². The fraction of sp³-hybridized carbons (Fsp3) is 0.960. The van der Waals surface area contributed by atoms with Crippen molar-refractivity contribution in [3.63, 3.8) is 0 Å². The maximum absolute atomic E-state index is 11.1. The molecule has 4 aliphatic rings. The maximum Gasteiger partial charge on any atom is 0.303 e. The van der Waals surface area contributed by atoms with Gasteiger partial charge in [0, 0.05) is 6.42 Å². The highest BCUT2D eigenvalue weighted by Gasteiger charge is 2.61. The summed E-state index contributed by atoms with van der Waals surface area (Å²) in [5.41, 5.74) is 1.07. The van der Waals surface area contributed by atoms with Crippen molar-refractivity contribution in [1.29, 1.82) is 0 Å². The molecule has 0 aromatic heterocycles. The predicted molar refractivity (Wildman–Crippen MR) is 110 cm³/mol. The first kappa shape index (κ1) is 19.8. The van der Waals surface area contributed by atoms with Gasteiger partial charge < -0.3 is 5.11 Å². The Hall–Kier alpha value is -0.530. The Balaban J connectivity index is 1.55. The molecule has 27 heavy (non-hydrogen) atoms. The molecule has 0 saturated heterocycles. The highest BCUT2D eigenvalue weighted by molar-refractivity contribution is 5.66. The summed E-state index contributed by atoms with van der Waals surface area (Å²) in [7, 11) is 0. The van der Waals surface area contributed by atoms with Crippen LogP contribution in [-0.4, -0.2) is 11.1 Å². The topological polar surface area (TPSA) is 37.3 Å². The van der Waals surface area contributed by atoms with Gasteiger partial charge in [-0.1, -0.05) is 40.5 Å². The van der Waals surface area contributed by atoms with Gasteiger partial charge in [-0.3, -0.25) is 4.79 Å². The molecule has 4 saturated carbocycles. The summed E-state index contributed by atoms with van der Waals surface area (Å²) in [4.78, 5) is 11.1. The molecule has 4 rings (SSSR count). The molecule has 0 spiro atoms. The van der Waals surface area contributed by atoms with Crippen LogP contribution in [0.2, 0.25) is 0 Å². The lowest BCUT2D eigenvalue weighted by Crippen LogP contribution is -2.55. The first-order valence-electron chi connectivity index (χ1n) is 12.0. The SMILES string of the molecule is C[C@H](CCC(=O)O)C1CC[C@H]2[C@@H]3C[C@H](C)[C@@H]4CCCC[C@]4(C)[C@H]3CC[C@]12C. The van der Waals surface area contributed by atoms with E-state index in [1.54, 1.807) is 0 Å². The summed E-state index contributed by atoms with van der Waals surface area (Å²) in [6.45, 7) is 10.2. The summed E-state index contributed by atoms with van der Waals surface area (Å²) in [5, 5.41) is 9.12. The van der Waals surface area contributed by atoms with Crippen molar-refractivity contribution in [2.45, 2.75) is 98.3 Å². The Morgan fingerprint density at radius 2 is 1.74 bits per heavy atom. The Bertz CT molecular complexity index is 571. The first-order valence-corrected chi connectivity index (χ1v) is 12.0. The van der Waals surface area contributed by atoms with E-state index >= 15 is 0 Å². The third-order valence-corrected chi connectivity index (χ3v) is 10.5. The van der Waals surface area contributed by atoms with Gasteiger partial charge in [0.25, 0.3) is 0 Å². The number of aliphatic carboxylic acids is 1. The lowest BCUT2D eigenvalue weighted by molar-refractivity contribution is -0.139. The molecule has 1 unspecified atom stereocenters. The van der Waals surface area contributed by atoms with Gasteiger partial charge in [0.05, 0.1) is 0 Å². The van der Waals surface area contributed by atoms with Crippen molar-refractivity contribution in [3.8, 4) is 0 Å². The Morgan fingerprint density at radius 1 is 1.00 bits per heavy atom. The molecule has 0 aromatic rings. The van der Waals surface area contributed by atoms with Crippen LogP contribution in [0.5, 0.6) is 0 Å². The molecule has 0 aliphatic heterocycles. The number of carbonyl (C=O) groups is 1. The second-order valence-corrected chi connectivity index (χ2v) is 11.6. The molecule has 0 amide bonds. The molecule has 1 N–H and O–H groups in total. The number of rotatable bonds is 4. The minimum Gasteiger partial charge on any atom is -0.481 e. The summed E-state index contributed by atoms with van der Waals surface area (Å²) in [6.07, 6.45) is 14.2. The minimum absolute atomic E-state index is 0.348. The van der Waals surface area contributed by atoms with Gasteiger partial charge in [0.15, 0.2) is 0 Å². The van der Waals surface area contributed by atoms with Gasteiger partial charge in [0.1, 0.15) is 0 Å². The fourth-order valence-electron chi connectivity index (χ4n) is 9.34. The minimum atomic E-state index is -0.623. The first-order chi connectivity index (χ1) is 12.8. The van der Waals surface area contributed by atoms with E-state index < -0.39 is 5.97 Å². The molecule has 0 aromatic carbocycles. The summed E-state index contributed by atoms with van der Waals surface area (Å²) in [6, 6.07) is 0. The molecule has 0 radical (unpaired) electrons. The lowest BCUT2D eigenvalue weighted by atomic mass is 9.43. The highest BCUT2D eigenvalue weighted by atomic mass is 16.4. The van der Waals surface area contributed by atoms with Crippen LogP contribution in [-0.2, 0) is 4.79 Å². The van der Waals surface area contributed by atoms with Crippen LogP contribution >= 0.6 is 0 Å². The highest BCUT2D eigenvalue weighted by Crippen LogP contribution is 2.69. The monoisotopic (exact) mass is 374 g/mol. The number of fused-ring (bicyclic) bond motifs is 5. The van der Waals surface area contributed by atoms with Gasteiger partial charge in [-0.05, 0) is 104 Å². The molecule has 4 fully saturated rings.